The molecule has 0 saturated heterocycles. The van der Waals surface area contributed by atoms with Gasteiger partial charge in [-0.05, 0) is 22.3 Å². The van der Waals surface area contributed by atoms with Gasteiger partial charge in [0.15, 0.2) is 0 Å². The van der Waals surface area contributed by atoms with Gasteiger partial charge in [-0.3, -0.25) is 19.6 Å². The van der Waals surface area contributed by atoms with Crippen molar-refractivity contribution in [1.29, 1.82) is 0 Å². The highest BCUT2D eigenvalue weighted by Crippen LogP contribution is 2.44. The Balaban J connectivity index is 1.45. The third kappa shape index (κ3) is 4.36. The van der Waals surface area contributed by atoms with E-state index in [0.29, 0.717) is 0 Å². The van der Waals surface area contributed by atoms with Crippen molar-refractivity contribution in [3.8, 4) is 11.1 Å². The minimum atomic E-state index is -0.998. The zero-order valence-corrected chi connectivity index (χ0v) is 19.2. The third-order valence-corrected chi connectivity index (χ3v) is 6.04. The molecule has 0 radical (unpaired) electrons. The summed E-state index contributed by atoms with van der Waals surface area (Å²) in [6, 6.07) is 16.1. The second kappa shape index (κ2) is 9.38. The number of carboxylic acid groups (broad SMARTS) is 1. The van der Waals surface area contributed by atoms with E-state index < -0.39 is 23.9 Å². The molecule has 34 heavy (non-hydrogen) atoms. The second-order valence-corrected chi connectivity index (χ2v) is 8.41. The summed E-state index contributed by atoms with van der Waals surface area (Å²) in [4.78, 5) is 38.0. The first-order valence-electron chi connectivity index (χ1n) is 10.9. The third-order valence-electron chi connectivity index (χ3n) is 6.04. The number of ether oxygens (including phenoxy) is 1. The fourth-order valence-electron chi connectivity index (χ4n) is 4.28. The summed E-state index contributed by atoms with van der Waals surface area (Å²) in [6.45, 7) is 1.67. The van der Waals surface area contributed by atoms with Gasteiger partial charge in [-0.15, -0.1) is 0 Å². The van der Waals surface area contributed by atoms with Gasteiger partial charge in [0.05, 0.1) is 17.8 Å². The van der Waals surface area contributed by atoms with Gasteiger partial charge >= 0.3 is 12.1 Å². The molecule has 0 saturated carbocycles. The number of nitrogens with one attached hydrogen (secondary N) is 1. The van der Waals surface area contributed by atoms with E-state index in [-0.39, 0.29) is 30.5 Å². The van der Waals surface area contributed by atoms with Gasteiger partial charge in [-0.2, -0.15) is 5.10 Å². The normalized spacial score (nSPS) is 13.0. The number of aromatic nitrogens is 2. The Morgan fingerprint density at radius 2 is 1.71 bits per heavy atom. The van der Waals surface area contributed by atoms with E-state index >= 15 is 0 Å². The maximum Gasteiger partial charge on any atom is 0.411 e. The van der Waals surface area contributed by atoms with Crippen molar-refractivity contribution in [2.75, 3.05) is 25.5 Å². The Morgan fingerprint density at radius 1 is 1.12 bits per heavy atom. The molecule has 2 amide bonds. The number of rotatable bonds is 7. The average Bonchev–Trinajstić information content (AvgIpc) is 3.34. The number of aliphatic carboxylic acids is 1. The zero-order valence-electron chi connectivity index (χ0n) is 19.2. The highest BCUT2D eigenvalue weighted by atomic mass is 16.5. The predicted molar refractivity (Wildman–Crippen MR) is 126 cm³/mol. The molecule has 4 rings (SSSR count). The molecular formula is C25H26N4O5. The molecule has 2 aromatic carbocycles. The molecule has 1 aromatic heterocycles. The fourth-order valence-corrected chi connectivity index (χ4v) is 4.28. The van der Waals surface area contributed by atoms with Crippen LogP contribution in [0, 0.1) is 5.92 Å². The summed E-state index contributed by atoms with van der Waals surface area (Å²) in [7, 11) is 3.08. The lowest BCUT2D eigenvalue weighted by molar-refractivity contribution is -0.141. The van der Waals surface area contributed by atoms with Crippen LogP contribution in [-0.2, 0) is 16.6 Å². The lowest BCUT2D eigenvalue weighted by Crippen LogP contribution is -2.35. The van der Waals surface area contributed by atoms with E-state index in [0.717, 1.165) is 22.3 Å². The minimum Gasteiger partial charge on any atom is -0.481 e. The first kappa shape index (κ1) is 23.0. The Morgan fingerprint density at radius 3 is 2.29 bits per heavy atom. The van der Waals surface area contributed by atoms with E-state index in [1.54, 1.807) is 7.05 Å². The van der Waals surface area contributed by atoms with E-state index in [2.05, 4.69) is 22.5 Å². The number of nitrogens with zero attached hydrogens (tertiary/aromatic N) is 3. The van der Waals surface area contributed by atoms with Crippen LogP contribution >= 0.6 is 0 Å². The van der Waals surface area contributed by atoms with Crippen molar-refractivity contribution in [3.63, 3.8) is 0 Å². The molecule has 9 heteroatoms. The van der Waals surface area contributed by atoms with Crippen molar-refractivity contribution in [3.05, 3.63) is 71.5 Å². The van der Waals surface area contributed by atoms with Crippen LogP contribution < -0.4 is 5.32 Å². The molecule has 1 aliphatic carbocycles. The molecule has 0 aliphatic heterocycles. The number of hydrogen-bond acceptors (Lipinski definition) is 5. The quantitative estimate of drug-likeness (QED) is 0.555. The molecule has 2 N–H and O–H groups in total. The zero-order chi connectivity index (χ0) is 24.4. The summed E-state index contributed by atoms with van der Waals surface area (Å²) >= 11 is 0. The fraction of sp³-hybridized carbons (Fsp3) is 0.280. The number of carboxylic acids is 1. The standard InChI is InChI=1S/C25H26N4O5/c1-15(24(31)32)13-28(2)23(30)22-21(12-26-29(22)3)27-25(33)34-14-20-18-10-6-4-8-16(18)17-9-5-7-11-19(17)20/h4-12,15,20H,13-14H2,1-3H3,(H,27,33)(H,31,32). The number of carbonyl (C=O) groups is 3. The highest BCUT2D eigenvalue weighted by molar-refractivity contribution is 6.01. The molecule has 1 unspecified atom stereocenters. The van der Waals surface area contributed by atoms with Crippen LogP contribution in [0.3, 0.4) is 0 Å². The molecule has 0 bridgehead atoms. The largest absolute Gasteiger partial charge is 0.481 e. The van der Waals surface area contributed by atoms with Crippen LogP contribution in [0.5, 0.6) is 0 Å². The maximum atomic E-state index is 12.9. The topological polar surface area (TPSA) is 114 Å². The molecule has 1 aliphatic rings. The average molecular weight is 463 g/mol. The van der Waals surface area contributed by atoms with Gasteiger partial charge in [0, 0.05) is 26.6 Å². The Hall–Kier alpha value is -4.14. The first-order chi connectivity index (χ1) is 16.3. The summed E-state index contributed by atoms with van der Waals surface area (Å²) < 4.78 is 6.89. The van der Waals surface area contributed by atoms with Crippen molar-refractivity contribution >= 4 is 23.7 Å². The summed E-state index contributed by atoms with van der Waals surface area (Å²) in [5.74, 6) is -2.28. The van der Waals surface area contributed by atoms with E-state index in [1.165, 1.54) is 29.7 Å². The highest BCUT2D eigenvalue weighted by Gasteiger charge is 2.30. The van der Waals surface area contributed by atoms with Crippen LogP contribution in [0.1, 0.15) is 34.5 Å². The number of carbonyl (C=O) groups excluding carboxylic acids is 2. The molecule has 176 valence electrons. The van der Waals surface area contributed by atoms with Crippen LogP contribution in [0.2, 0.25) is 0 Å². The van der Waals surface area contributed by atoms with Crippen LogP contribution in [0.25, 0.3) is 11.1 Å². The minimum absolute atomic E-state index is 0.0176. The van der Waals surface area contributed by atoms with Crippen molar-refractivity contribution in [2.24, 2.45) is 13.0 Å². The Kier molecular flexibility index (Phi) is 6.36. The number of fused-ring (bicyclic) bond motifs is 3. The van der Waals surface area contributed by atoms with Gasteiger partial charge in [-0.25, -0.2) is 4.79 Å². The van der Waals surface area contributed by atoms with Crippen molar-refractivity contribution in [2.45, 2.75) is 12.8 Å². The SMILES string of the molecule is CC(CN(C)C(=O)c1c(NC(=O)OCC2c3ccccc3-c3ccccc32)cnn1C)C(=O)O. The smallest absolute Gasteiger partial charge is 0.411 e. The molecule has 3 aromatic rings. The molecule has 1 heterocycles. The molecule has 0 fully saturated rings. The molecule has 0 spiro atoms. The summed E-state index contributed by atoms with van der Waals surface area (Å²) in [6.07, 6.45) is 0.661. The lowest BCUT2D eigenvalue weighted by atomic mass is 9.98. The monoisotopic (exact) mass is 462 g/mol. The predicted octanol–water partition coefficient (Wildman–Crippen LogP) is 3.57. The van der Waals surface area contributed by atoms with Crippen LogP contribution in [0.15, 0.2) is 54.7 Å². The number of aryl methyl sites for hydroxylation is 1. The number of anilines is 1. The Labute approximate surface area is 196 Å². The van der Waals surface area contributed by atoms with E-state index in [9.17, 15) is 14.4 Å². The number of amides is 2. The van der Waals surface area contributed by atoms with Gasteiger partial charge in [0.25, 0.3) is 5.91 Å². The maximum absolute atomic E-state index is 12.9. The second-order valence-electron chi connectivity index (χ2n) is 8.41. The van der Waals surface area contributed by atoms with E-state index in [4.69, 9.17) is 9.84 Å². The van der Waals surface area contributed by atoms with Gasteiger partial charge in [-0.1, -0.05) is 55.5 Å². The molecular weight excluding hydrogens is 436 g/mol. The van der Waals surface area contributed by atoms with Crippen LogP contribution in [-0.4, -0.2) is 58.0 Å². The van der Waals surface area contributed by atoms with E-state index in [1.807, 2.05) is 36.4 Å². The van der Waals surface area contributed by atoms with Crippen molar-refractivity contribution < 1.29 is 24.2 Å². The molecule has 9 nitrogen and oxygen atoms in total. The summed E-state index contributed by atoms with van der Waals surface area (Å²) in [5.41, 5.74) is 4.79. The van der Waals surface area contributed by atoms with Gasteiger partial charge < -0.3 is 14.7 Å². The first-order valence-corrected chi connectivity index (χ1v) is 10.9. The molecule has 1 atom stereocenters. The number of benzene rings is 2. The summed E-state index contributed by atoms with van der Waals surface area (Å²) in [5, 5.41) is 15.8. The number of hydrogen-bond donors (Lipinski definition) is 2. The van der Waals surface area contributed by atoms with Crippen molar-refractivity contribution in [1.82, 2.24) is 14.7 Å². The van der Waals surface area contributed by atoms with Gasteiger partial charge in [0.2, 0.25) is 0 Å². The lowest BCUT2D eigenvalue weighted by Gasteiger charge is -2.20. The van der Waals surface area contributed by atoms with Crippen LogP contribution in [0.4, 0.5) is 10.5 Å². The van der Waals surface area contributed by atoms with Gasteiger partial charge in [0.1, 0.15) is 12.3 Å². The Bertz CT molecular complexity index is 1210.